The fourth-order valence-corrected chi connectivity index (χ4v) is 1.75. The fraction of sp³-hybridized carbons (Fsp3) is 0.667. The summed E-state index contributed by atoms with van der Waals surface area (Å²) in [6.07, 6.45) is 2.08. The van der Waals surface area contributed by atoms with E-state index in [0.29, 0.717) is 18.0 Å². The molecule has 2 rings (SSSR count). The van der Waals surface area contributed by atoms with Crippen molar-refractivity contribution in [1.29, 1.82) is 0 Å². The van der Waals surface area contributed by atoms with E-state index in [1.807, 2.05) is 0 Å². The Balaban J connectivity index is 0.00000128. The summed E-state index contributed by atoms with van der Waals surface area (Å²) in [4.78, 5) is 11.5. The lowest BCUT2D eigenvalue weighted by molar-refractivity contribution is 0.0517. The number of aromatic amines is 1. The van der Waals surface area contributed by atoms with E-state index in [0.717, 1.165) is 19.4 Å². The van der Waals surface area contributed by atoms with E-state index < -0.39 is 5.97 Å². The molecule has 7 heteroatoms. The highest BCUT2D eigenvalue weighted by Gasteiger charge is 2.26. The predicted molar refractivity (Wildman–Crippen MR) is 59.6 cm³/mol. The second kappa shape index (κ2) is 5.81. The van der Waals surface area contributed by atoms with Crippen molar-refractivity contribution in [3.05, 3.63) is 11.4 Å². The molecule has 1 unspecified atom stereocenters. The number of carbonyl (C=O) groups excluding carboxylic acids is 1. The number of ether oxygens (including phenoxy) is 1. The predicted octanol–water partition coefficient (Wildman–Crippen LogP) is 0.828. The van der Waals surface area contributed by atoms with Crippen LogP contribution >= 0.6 is 12.4 Å². The highest BCUT2D eigenvalue weighted by atomic mass is 35.5. The van der Waals surface area contributed by atoms with Gasteiger partial charge >= 0.3 is 5.97 Å². The summed E-state index contributed by atoms with van der Waals surface area (Å²) in [5, 5.41) is 13.6. The molecule has 0 radical (unpaired) electrons. The lowest BCUT2D eigenvalue weighted by atomic mass is 10.1. The van der Waals surface area contributed by atoms with Crippen molar-refractivity contribution in [2.24, 2.45) is 0 Å². The maximum absolute atomic E-state index is 11.5. The molecule has 2 N–H and O–H groups in total. The molecule has 90 valence electrons. The molecule has 0 aromatic carbocycles. The van der Waals surface area contributed by atoms with Crippen molar-refractivity contribution in [2.75, 3.05) is 13.2 Å². The molecule has 6 nitrogen and oxygen atoms in total. The second-order valence-electron chi connectivity index (χ2n) is 3.43. The van der Waals surface area contributed by atoms with Gasteiger partial charge in [0.1, 0.15) is 5.69 Å². The van der Waals surface area contributed by atoms with Crippen molar-refractivity contribution in [1.82, 2.24) is 20.7 Å². The van der Waals surface area contributed by atoms with Gasteiger partial charge < -0.3 is 10.1 Å². The molecule has 1 fully saturated rings. The quantitative estimate of drug-likeness (QED) is 0.773. The van der Waals surface area contributed by atoms with Crippen LogP contribution in [0.4, 0.5) is 0 Å². The number of carbonyl (C=O) groups is 1. The number of hydrogen-bond acceptors (Lipinski definition) is 5. The van der Waals surface area contributed by atoms with E-state index in [4.69, 9.17) is 4.74 Å². The minimum absolute atomic E-state index is 0. The van der Waals surface area contributed by atoms with E-state index in [-0.39, 0.29) is 18.4 Å². The molecule has 16 heavy (non-hydrogen) atoms. The first kappa shape index (κ1) is 12.9. The minimum atomic E-state index is -0.407. The van der Waals surface area contributed by atoms with Crippen molar-refractivity contribution < 1.29 is 9.53 Å². The zero-order valence-corrected chi connectivity index (χ0v) is 9.84. The molecule has 0 spiro atoms. The summed E-state index contributed by atoms with van der Waals surface area (Å²) in [6.45, 7) is 3.08. The van der Waals surface area contributed by atoms with Crippen molar-refractivity contribution in [2.45, 2.75) is 25.8 Å². The van der Waals surface area contributed by atoms with Crippen LogP contribution in [-0.2, 0) is 4.74 Å². The summed E-state index contributed by atoms with van der Waals surface area (Å²) in [5.41, 5.74) is 0.974. The summed E-state index contributed by atoms with van der Waals surface area (Å²) in [6, 6.07) is 0.128. The zero-order chi connectivity index (χ0) is 10.7. The Labute approximate surface area is 99.5 Å². The van der Waals surface area contributed by atoms with E-state index in [1.165, 1.54) is 0 Å². The van der Waals surface area contributed by atoms with Gasteiger partial charge in [0.2, 0.25) is 0 Å². The van der Waals surface area contributed by atoms with Crippen LogP contribution < -0.4 is 5.32 Å². The molecule has 1 saturated heterocycles. The molecule has 0 aliphatic carbocycles. The number of halogens is 1. The molecular weight excluding hydrogens is 232 g/mol. The van der Waals surface area contributed by atoms with Gasteiger partial charge in [-0.1, -0.05) is 0 Å². The minimum Gasteiger partial charge on any atom is -0.461 e. The first-order valence-electron chi connectivity index (χ1n) is 5.14. The number of nitrogens with zero attached hydrogens (tertiary/aromatic N) is 2. The Morgan fingerprint density at radius 1 is 1.56 bits per heavy atom. The van der Waals surface area contributed by atoms with Gasteiger partial charge in [-0.15, -0.1) is 17.5 Å². The van der Waals surface area contributed by atoms with Crippen LogP contribution in [0.25, 0.3) is 0 Å². The third-order valence-electron chi connectivity index (χ3n) is 2.43. The Bertz CT molecular complexity index is 349. The van der Waals surface area contributed by atoms with E-state index >= 15 is 0 Å². The maximum Gasteiger partial charge on any atom is 0.360 e. The van der Waals surface area contributed by atoms with Crippen LogP contribution in [0.1, 0.15) is 42.0 Å². The SMILES string of the molecule is CCOC(=O)c1n[nH]nc1C1CCCN1.Cl. The first-order chi connectivity index (χ1) is 7.33. The third-order valence-corrected chi connectivity index (χ3v) is 2.43. The largest absolute Gasteiger partial charge is 0.461 e. The molecule has 0 saturated carbocycles. The van der Waals surface area contributed by atoms with Crippen LogP contribution in [0.15, 0.2) is 0 Å². The molecule has 1 aromatic heterocycles. The average Bonchev–Trinajstić information content (AvgIpc) is 2.88. The van der Waals surface area contributed by atoms with Crippen molar-refractivity contribution in [3.8, 4) is 0 Å². The number of nitrogens with one attached hydrogen (secondary N) is 2. The van der Waals surface area contributed by atoms with Crippen molar-refractivity contribution in [3.63, 3.8) is 0 Å². The average molecular weight is 247 g/mol. The zero-order valence-electron chi connectivity index (χ0n) is 9.02. The normalized spacial score (nSPS) is 19.2. The first-order valence-corrected chi connectivity index (χ1v) is 5.14. The van der Waals surface area contributed by atoms with E-state index in [1.54, 1.807) is 6.92 Å². The summed E-state index contributed by atoms with van der Waals surface area (Å²) in [5.74, 6) is -0.407. The molecule has 0 amide bonds. The highest BCUT2D eigenvalue weighted by Crippen LogP contribution is 2.23. The summed E-state index contributed by atoms with van der Waals surface area (Å²) < 4.78 is 4.90. The standard InChI is InChI=1S/C9H14N4O2.ClH/c1-2-15-9(14)8-7(11-13-12-8)6-4-3-5-10-6;/h6,10H,2-5H2,1H3,(H,11,12,13);1H. The molecular formula is C9H15ClN4O2. The van der Waals surface area contributed by atoms with Gasteiger partial charge in [-0.2, -0.15) is 10.3 Å². The number of esters is 1. The van der Waals surface area contributed by atoms with Gasteiger partial charge in [0, 0.05) is 0 Å². The maximum atomic E-state index is 11.5. The second-order valence-corrected chi connectivity index (χ2v) is 3.43. The lowest BCUT2D eigenvalue weighted by Crippen LogP contribution is -2.17. The van der Waals surface area contributed by atoms with E-state index in [9.17, 15) is 4.79 Å². The van der Waals surface area contributed by atoms with Gasteiger partial charge in [-0.05, 0) is 26.3 Å². The molecule has 1 aromatic rings. The number of hydrogen-bond donors (Lipinski definition) is 2. The van der Waals surface area contributed by atoms with Gasteiger partial charge in [0.25, 0.3) is 0 Å². The van der Waals surface area contributed by atoms with Crippen LogP contribution in [0.5, 0.6) is 0 Å². The Morgan fingerprint density at radius 3 is 3.00 bits per heavy atom. The number of aromatic nitrogens is 3. The molecule has 2 heterocycles. The monoisotopic (exact) mass is 246 g/mol. The Hall–Kier alpha value is -1.14. The Morgan fingerprint density at radius 2 is 2.38 bits per heavy atom. The van der Waals surface area contributed by atoms with Crippen molar-refractivity contribution >= 4 is 18.4 Å². The third kappa shape index (κ3) is 2.51. The van der Waals surface area contributed by atoms with Crippen LogP contribution in [0, 0.1) is 0 Å². The van der Waals surface area contributed by atoms with Gasteiger partial charge in [0.05, 0.1) is 12.6 Å². The lowest BCUT2D eigenvalue weighted by Gasteiger charge is -2.07. The summed E-state index contributed by atoms with van der Waals surface area (Å²) >= 11 is 0. The van der Waals surface area contributed by atoms with Gasteiger partial charge in [-0.3, -0.25) is 0 Å². The number of H-pyrrole nitrogens is 1. The van der Waals surface area contributed by atoms with E-state index in [2.05, 4.69) is 20.7 Å². The molecule has 0 bridgehead atoms. The molecule has 1 aliphatic heterocycles. The van der Waals surface area contributed by atoms with Crippen LogP contribution in [-0.4, -0.2) is 34.5 Å². The topological polar surface area (TPSA) is 79.9 Å². The van der Waals surface area contributed by atoms with Crippen LogP contribution in [0.2, 0.25) is 0 Å². The van der Waals surface area contributed by atoms with Gasteiger partial charge in [0.15, 0.2) is 5.69 Å². The Kier molecular flexibility index (Phi) is 4.70. The summed E-state index contributed by atoms with van der Waals surface area (Å²) in [7, 11) is 0. The van der Waals surface area contributed by atoms with Gasteiger partial charge in [-0.25, -0.2) is 4.79 Å². The smallest absolute Gasteiger partial charge is 0.360 e. The highest BCUT2D eigenvalue weighted by molar-refractivity contribution is 5.88. The molecule has 1 aliphatic rings. The van der Waals surface area contributed by atoms with Crippen LogP contribution in [0.3, 0.4) is 0 Å². The fourth-order valence-electron chi connectivity index (χ4n) is 1.75. The number of rotatable bonds is 3. The molecule has 1 atom stereocenters.